The molecule has 0 saturated heterocycles. The van der Waals surface area contributed by atoms with E-state index in [1.807, 2.05) is 0 Å². The largest absolute Gasteiger partial charge is 0.478 e. The molecule has 5 nitrogen and oxygen atoms in total. The van der Waals surface area contributed by atoms with Crippen LogP contribution in [0.4, 0.5) is 0 Å². The fourth-order valence-corrected chi connectivity index (χ4v) is 1.88. The number of carboxylic acid groups (broad SMARTS) is 1. The maximum Gasteiger partial charge on any atom is 0.335 e. The highest BCUT2D eigenvalue weighted by atomic mass is 32.2. The molecule has 0 fully saturated rings. The summed E-state index contributed by atoms with van der Waals surface area (Å²) in [5.74, 6) is -0.297. The molecule has 0 unspecified atom stereocenters. The molecule has 0 aliphatic rings. The number of thioether (sulfide) groups is 1. The molecule has 0 aliphatic carbocycles. The molecular formula is C10H8N2O3S. The van der Waals surface area contributed by atoms with Crippen molar-refractivity contribution in [2.45, 2.75) is 10.8 Å². The van der Waals surface area contributed by atoms with Gasteiger partial charge in [-0.1, -0.05) is 5.16 Å². The maximum absolute atomic E-state index is 10.7. The molecule has 0 bridgehead atoms. The number of nitrogens with zero attached hydrogens (tertiary/aromatic N) is 2. The zero-order valence-electron chi connectivity index (χ0n) is 8.16. The smallest absolute Gasteiger partial charge is 0.335 e. The SMILES string of the molecule is O=C(O)c1ccnc(SCc2cnoc2)c1. The lowest BCUT2D eigenvalue weighted by molar-refractivity contribution is 0.0696. The van der Waals surface area contributed by atoms with Gasteiger partial charge in [0.05, 0.1) is 16.8 Å². The molecule has 16 heavy (non-hydrogen) atoms. The average Bonchev–Trinajstić information content (AvgIpc) is 2.79. The second kappa shape index (κ2) is 4.80. The monoisotopic (exact) mass is 236 g/mol. The van der Waals surface area contributed by atoms with E-state index in [2.05, 4.69) is 14.7 Å². The van der Waals surface area contributed by atoms with Crippen LogP contribution in [0.2, 0.25) is 0 Å². The van der Waals surface area contributed by atoms with Crippen molar-refractivity contribution in [2.75, 3.05) is 0 Å². The lowest BCUT2D eigenvalue weighted by Crippen LogP contribution is -1.96. The predicted molar refractivity (Wildman–Crippen MR) is 57.3 cm³/mol. The van der Waals surface area contributed by atoms with Crippen LogP contribution in [0.1, 0.15) is 15.9 Å². The van der Waals surface area contributed by atoms with Crippen LogP contribution in [-0.4, -0.2) is 21.2 Å². The first-order valence-corrected chi connectivity index (χ1v) is 5.44. The number of aromatic nitrogens is 2. The molecular weight excluding hydrogens is 228 g/mol. The molecule has 2 aromatic rings. The van der Waals surface area contributed by atoms with Crippen LogP contribution in [-0.2, 0) is 5.75 Å². The number of rotatable bonds is 4. The van der Waals surface area contributed by atoms with E-state index in [1.165, 1.54) is 24.0 Å². The van der Waals surface area contributed by atoms with Gasteiger partial charge in [-0.05, 0) is 12.1 Å². The third-order valence-corrected chi connectivity index (χ3v) is 2.85. The molecule has 6 heteroatoms. The molecule has 2 heterocycles. The highest BCUT2D eigenvalue weighted by Crippen LogP contribution is 2.21. The predicted octanol–water partition coefficient (Wildman–Crippen LogP) is 2.06. The normalized spacial score (nSPS) is 10.2. The molecule has 0 atom stereocenters. The fourth-order valence-electron chi connectivity index (χ4n) is 1.08. The number of hydrogen-bond donors (Lipinski definition) is 1. The van der Waals surface area contributed by atoms with Crippen LogP contribution in [0.25, 0.3) is 0 Å². The second-order valence-electron chi connectivity index (χ2n) is 3.01. The molecule has 0 aromatic carbocycles. The number of carboxylic acids is 1. The van der Waals surface area contributed by atoms with Crippen LogP contribution in [0.5, 0.6) is 0 Å². The van der Waals surface area contributed by atoms with E-state index in [4.69, 9.17) is 5.11 Å². The standard InChI is InChI=1S/C10H8N2O3S/c13-10(14)8-1-2-11-9(3-8)16-6-7-4-12-15-5-7/h1-5H,6H2,(H,13,14). The molecule has 2 aromatic heterocycles. The third-order valence-electron chi connectivity index (χ3n) is 1.85. The van der Waals surface area contributed by atoms with E-state index >= 15 is 0 Å². The van der Waals surface area contributed by atoms with Crippen LogP contribution in [0.3, 0.4) is 0 Å². The number of pyridine rings is 1. The Morgan fingerprint density at radius 1 is 1.56 bits per heavy atom. The van der Waals surface area contributed by atoms with E-state index in [1.54, 1.807) is 18.5 Å². The Balaban J connectivity index is 2.04. The van der Waals surface area contributed by atoms with Crippen molar-refractivity contribution in [1.29, 1.82) is 0 Å². The van der Waals surface area contributed by atoms with E-state index in [9.17, 15) is 4.79 Å². The van der Waals surface area contributed by atoms with Gasteiger partial charge < -0.3 is 9.63 Å². The minimum Gasteiger partial charge on any atom is -0.478 e. The summed E-state index contributed by atoms with van der Waals surface area (Å²) in [4.78, 5) is 14.8. The van der Waals surface area contributed by atoms with E-state index in [0.717, 1.165) is 5.56 Å². The molecule has 0 spiro atoms. The first-order chi connectivity index (χ1) is 7.75. The van der Waals surface area contributed by atoms with Crippen molar-refractivity contribution in [3.05, 3.63) is 41.9 Å². The van der Waals surface area contributed by atoms with Crippen molar-refractivity contribution >= 4 is 17.7 Å². The fraction of sp³-hybridized carbons (Fsp3) is 0.100. The molecule has 2 rings (SSSR count). The zero-order valence-corrected chi connectivity index (χ0v) is 8.98. The van der Waals surface area contributed by atoms with Gasteiger partial charge in [-0.15, -0.1) is 11.8 Å². The van der Waals surface area contributed by atoms with Gasteiger partial charge >= 0.3 is 5.97 Å². The molecule has 0 aliphatic heterocycles. The van der Waals surface area contributed by atoms with Gasteiger partial charge in [0.1, 0.15) is 6.26 Å². The third kappa shape index (κ3) is 2.60. The van der Waals surface area contributed by atoms with Gasteiger partial charge in [-0.25, -0.2) is 9.78 Å². The van der Waals surface area contributed by atoms with Gasteiger partial charge in [-0.2, -0.15) is 0 Å². The summed E-state index contributed by atoms with van der Waals surface area (Å²) in [6.07, 6.45) is 4.65. The number of hydrogen-bond acceptors (Lipinski definition) is 5. The van der Waals surface area contributed by atoms with E-state index in [-0.39, 0.29) is 5.56 Å². The Morgan fingerprint density at radius 3 is 3.12 bits per heavy atom. The van der Waals surface area contributed by atoms with Crippen LogP contribution in [0, 0.1) is 0 Å². The van der Waals surface area contributed by atoms with Gasteiger partial charge in [-0.3, -0.25) is 0 Å². The van der Waals surface area contributed by atoms with Crippen LogP contribution >= 0.6 is 11.8 Å². The summed E-state index contributed by atoms with van der Waals surface area (Å²) in [5, 5.41) is 13.0. The summed E-state index contributed by atoms with van der Waals surface area (Å²) >= 11 is 1.44. The van der Waals surface area contributed by atoms with Gasteiger partial charge in [0.2, 0.25) is 0 Å². The summed E-state index contributed by atoms with van der Waals surface area (Å²) in [6, 6.07) is 3.01. The van der Waals surface area contributed by atoms with Gasteiger partial charge in [0, 0.05) is 17.5 Å². The number of aromatic carboxylic acids is 1. The van der Waals surface area contributed by atoms with Crippen molar-refractivity contribution in [2.24, 2.45) is 0 Å². The summed E-state index contributed by atoms with van der Waals surface area (Å²) < 4.78 is 4.69. The first-order valence-electron chi connectivity index (χ1n) is 4.46. The first kappa shape index (κ1) is 10.7. The molecule has 82 valence electrons. The van der Waals surface area contributed by atoms with Crippen LogP contribution < -0.4 is 0 Å². The molecule has 0 saturated carbocycles. The van der Waals surface area contributed by atoms with Gasteiger partial charge in [0.25, 0.3) is 0 Å². The maximum atomic E-state index is 10.7. The summed E-state index contributed by atoms with van der Waals surface area (Å²) in [6.45, 7) is 0. The lowest BCUT2D eigenvalue weighted by Gasteiger charge is -1.99. The number of carbonyl (C=O) groups is 1. The lowest BCUT2D eigenvalue weighted by atomic mass is 10.3. The Hall–Kier alpha value is -1.82. The van der Waals surface area contributed by atoms with Gasteiger partial charge in [0.15, 0.2) is 0 Å². The van der Waals surface area contributed by atoms with E-state index < -0.39 is 5.97 Å². The summed E-state index contributed by atoms with van der Waals surface area (Å²) in [7, 11) is 0. The van der Waals surface area contributed by atoms with Crippen molar-refractivity contribution in [1.82, 2.24) is 10.1 Å². The zero-order chi connectivity index (χ0) is 11.4. The minimum absolute atomic E-state index is 0.239. The average molecular weight is 236 g/mol. The highest BCUT2D eigenvalue weighted by molar-refractivity contribution is 7.98. The van der Waals surface area contributed by atoms with Crippen molar-refractivity contribution in [3.8, 4) is 0 Å². The Bertz CT molecular complexity index is 485. The highest BCUT2D eigenvalue weighted by Gasteiger charge is 2.05. The van der Waals surface area contributed by atoms with Crippen molar-refractivity contribution < 1.29 is 14.4 Å². The molecule has 0 amide bonds. The van der Waals surface area contributed by atoms with Crippen molar-refractivity contribution in [3.63, 3.8) is 0 Å². The summed E-state index contributed by atoms with van der Waals surface area (Å²) in [5.41, 5.74) is 1.18. The van der Waals surface area contributed by atoms with Crippen LogP contribution in [0.15, 0.2) is 40.3 Å². The Labute approximate surface area is 95.5 Å². The Kier molecular flexibility index (Phi) is 3.21. The van der Waals surface area contributed by atoms with E-state index in [0.29, 0.717) is 10.8 Å². The minimum atomic E-state index is -0.950. The molecule has 0 radical (unpaired) electrons. The molecule has 1 N–H and O–H groups in total. The second-order valence-corrected chi connectivity index (χ2v) is 4.00. The topological polar surface area (TPSA) is 76.2 Å². The quantitative estimate of drug-likeness (QED) is 0.819. The Morgan fingerprint density at radius 2 is 2.44 bits per heavy atom.